The standard InChI is InChI=1S/C11H9NO3S/c1-7-8(3-2-6-12-7)15-10-5-4-9(16-10)11(13)14/h2-6H,1H3,(H,13,14). The minimum Gasteiger partial charge on any atom is -0.477 e. The predicted octanol–water partition coefficient (Wildman–Crippen LogP) is 2.94. The van der Waals surface area contributed by atoms with E-state index in [2.05, 4.69) is 4.98 Å². The number of ether oxygens (including phenoxy) is 1. The van der Waals surface area contributed by atoms with E-state index in [1.165, 1.54) is 6.07 Å². The van der Waals surface area contributed by atoms with Gasteiger partial charge in [-0.25, -0.2) is 4.79 Å². The molecule has 2 rings (SSSR count). The molecule has 1 N–H and O–H groups in total. The summed E-state index contributed by atoms with van der Waals surface area (Å²) in [4.78, 5) is 15.0. The first-order chi connectivity index (χ1) is 7.66. The van der Waals surface area contributed by atoms with Crippen LogP contribution in [0.1, 0.15) is 15.4 Å². The van der Waals surface area contributed by atoms with Crippen LogP contribution in [-0.2, 0) is 0 Å². The van der Waals surface area contributed by atoms with Gasteiger partial charge in [-0.05, 0) is 31.2 Å². The van der Waals surface area contributed by atoms with E-state index in [0.29, 0.717) is 10.8 Å². The molecular weight excluding hydrogens is 226 g/mol. The van der Waals surface area contributed by atoms with Crippen LogP contribution < -0.4 is 4.74 Å². The topological polar surface area (TPSA) is 59.4 Å². The molecule has 0 aliphatic rings. The van der Waals surface area contributed by atoms with Gasteiger partial charge in [0, 0.05) is 6.20 Å². The molecule has 16 heavy (non-hydrogen) atoms. The number of aromatic carboxylic acids is 1. The second-order valence-electron chi connectivity index (χ2n) is 3.11. The molecule has 82 valence electrons. The summed E-state index contributed by atoms with van der Waals surface area (Å²) in [6, 6.07) is 6.73. The van der Waals surface area contributed by atoms with E-state index in [-0.39, 0.29) is 4.88 Å². The highest BCUT2D eigenvalue weighted by atomic mass is 32.1. The molecular formula is C11H9NO3S. The molecule has 2 heterocycles. The molecule has 0 spiro atoms. The minimum absolute atomic E-state index is 0.261. The van der Waals surface area contributed by atoms with E-state index in [1.54, 1.807) is 24.4 Å². The van der Waals surface area contributed by atoms with Crippen LogP contribution in [0.3, 0.4) is 0 Å². The highest BCUT2D eigenvalue weighted by molar-refractivity contribution is 7.15. The zero-order valence-electron chi connectivity index (χ0n) is 8.51. The van der Waals surface area contributed by atoms with Gasteiger partial charge in [0.25, 0.3) is 0 Å². The van der Waals surface area contributed by atoms with Crippen LogP contribution in [0.15, 0.2) is 30.5 Å². The number of carboxylic acid groups (broad SMARTS) is 1. The second kappa shape index (κ2) is 4.32. The lowest BCUT2D eigenvalue weighted by molar-refractivity contribution is 0.0702. The highest BCUT2D eigenvalue weighted by Crippen LogP contribution is 2.30. The maximum absolute atomic E-state index is 10.7. The maximum atomic E-state index is 10.7. The Labute approximate surface area is 96.1 Å². The van der Waals surface area contributed by atoms with Gasteiger partial charge in [0.05, 0.1) is 5.69 Å². The normalized spacial score (nSPS) is 10.1. The molecule has 0 bridgehead atoms. The van der Waals surface area contributed by atoms with Crippen LogP contribution >= 0.6 is 11.3 Å². The van der Waals surface area contributed by atoms with E-state index in [9.17, 15) is 4.79 Å². The number of thiophene rings is 1. The van der Waals surface area contributed by atoms with Crippen molar-refractivity contribution in [2.45, 2.75) is 6.92 Å². The van der Waals surface area contributed by atoms with Gasteiger partial charge in [0.1, 0.15) is 10.6 Å². The molecule has 2 aromatic rings. The van der Waals surface area contributed by atoms with Gasteiger partial charge in [-0.15, -0.1) is 0 Å². The number of pyridine rings is 1. The van der Waals surface area contributed by atoms with Crippen molar-refractivity contribution in [2.75, 3.05) is 0 Å². The van der Waals surface area contributed by atoms with Crippen molar-refractivity contribution in [1.82, 2.24) is 4.98 Å². The van der Waals surface area contributed by atoms with E-state index in [1.807, 2.05) is 6.92 Å². The molecule has 0 saturated heterocycles. The van der Waals surface area contributed by atoms with Crippen LogP contribution in [0.25, 0.3) is 0 Å². The Balaban J connectivity index is 2.21. The first-order valence-corrected chi connectivity index (χ1v) is 5.41. The Kier molecular flexibility index (Phi) is 2.87. The number of hydrogen-bond acceptors (Lipinski definition) is 4. The van der Waals surface area contributed by atoms with E-state index in [0.717, 1.165) is 17.0 Å². The quantitative estimate of drug-likeness (QED) is 0.888. The fourth-order valence-corrected chi connectivity index (χ4v) is 1.88. The third kappa shape index (κ3) is 2.20. The lowest BCUT2D eigenvalue weighted by Gasteiger charge is -2.04. The number of hydrogen-bond donors (Lipinski definition) is 1. The number of rotatable bonds is 3. The number of carbonyl (C=O) groups is 1. The number of carboxylic acids is 1. The molecule has 0 saturated carbocycles. The summed E-state index contributed by atoms with van der Waals surface area (Å²) in [7, 11) is 0. The minimum atomic E-state index is -0.942. The summed E-state index contributed by atoms with van der Waals surface area (Å²) in [6.07, 6.45) is 1.68. The third-order valence-corrected chi connectivity index (χ3v) is 2.91. The molecule has 0 aliphatic carbocycles. The third-order valence-electron chi connectivity index (χ3n) is 1.96. The van der Waals surface area contributed by atoms with Crippen molar-refractivity contribution in [3.63, 3.8) is 0 Å². The van der Waals surface area contributed by atoms with E-state index < -0.39 is 5.97 Å². The molecule has 0 atom stereocenters. The summed E-state index contributed by atoms with van der Waals surface area (Å²) in [6.45, 7) is 1.83. The zero-order valence-corrected chi connectivity index (χ0v) is 9.32. The lowest BCUT2D eigenvalue weighted by atomic mass is 10.3. The lowest BCUT2D eigenvalue weighted by Crippen LogP contribution is -1.89. The van der Waals surface area contributed by atoms with Crippen molar-refractivity contribution in [3.8, 4) is 10.8 Å². The molecule has 0 unspecified atom stereocenters. The summed E-state index contributed by atoms with van der Waals surface area (Å²) in [5.74, 6) is -0.302. The highest BCUT2D eigenvalue weighted by Gasteiger charge is 2.09. The largest absolute Gasteiger partial charge is 0.477 e. The Morgan fingerprint density at radius 1 is 1.44 bits per heavy atom. The van der Waals surface area contributed by atoms with Crippen molar-refractivity contribution in [2.24, 2.45) is 0 Å². The number of aryl methyl sites for hydroxylation is 1. The summed E-state index contributed by atoms with van der Waals surface area (Å²) < 4.78 is 5.53. The predicted molar refractivity (Wildman–Crippen MR) is 60.3 cm³/mol. The van der Waals surface area contributed by atoms with Crippen molar-refractivity contribution in [3.05, 3.63) is 41.0 Å². The number of nitrogens with zero attached hydrogens (tertiary/aromatic N) is 1. The molecule has 0 fully saturated rings. The average Bonchev–Trinajstić information content (AvgIpc) is 2.70. The van der Waals surface area contributed by atoms with Crippen LogP contribution in [0, 0.1) is 6.92 Å². The van der Waals surface area contributed by atoms with Gasteiger partial charge in [0.15, 0.2) is 5.06 Å². The van der Waals surface area contributed by atoms with Crippen molar-refractivity contribution >= 4 is 17.3 Å². The number of aromatic nitrogens is 1. The summed E-state index contributed by atoms with van der Waals surface area (Å²) in [5.41, 5.74) is 0.771. The fourth-order valence-electron chi connectivity index (χ4n) is 1.18. The second-order valence-corrected chi connectivity index (χ2v) is 4.16. The average molecular weight is 235 g/mol. The van der Waals surface area contributed by atoms with Gasteiger partial charge in [-0.2, -0.15) is 0 Å². The van der Waals surface area contributed by atoms with Gasteiger partial charge in [0.2, 0.25) is 0 Å². The van der Waals surface area contributed by atoms with Gasteiger partial charge in [-0.1, -0.05) is 11.3 Å². The first-order valence-electron chi connectivity index (χ1n) is 4.59. The molecule has 2 aromatic heterocycles. The molecule has 0 amide bonds. The van der Waals surface area contributed by atoms with Gasteiger partial charge >= 0.3 is 5.97 Å². The Morgan fingerprint density at radius 2 is 2.25 bits per heavy atom. The zero-order chi connectivity index (χ0) is 11.5. The molecule has 0 radical (unpaired) electrons. The van der Waals surface area contributed by atoms with Crippen LogP contribution in [0.4, 0.5) is 0 Å². The molecule has 5 heteroatoms. The fraction of sp³-hybridized carbons (Fsp3) is 0.0909. The summed E-state index contributed by atoms with van der Waals surface area (Å²) in [5, 5.41) is 9.31. The summed E-state index contributed by atoms with van der Waals surface area (Å²) >= 11 is 1.09. The monoisotopic (exact) mass is 235 g/mol. The molecule has 0 aliphatic heterocycles. The van der Waals surface area contributed by atoms with E-state index in [4.69, 9.17) is 9.84 Å². The molecule has 4 nitrogen and oxygen atoms in total. The van der Waals surface area contributed by atoms with Crippen LogP contribution in [0.2, 0.25) is 0 Å². The first kappa shape index (κ1) is 10.6. The van der Waals surface area contributed by atoms with Crippen molar-refractivity contribution in [1.29, 1.82) is 0 Å². The maximum Gasteiger partial charge on any atom is 0.345 e. The van der Waals surface area contributed by atoms with Crippen LogP contribution in [-0.4, -0.2) is 16.1 Å². The van der Waals surface area contributed by atoms with Gasteiger partial charge < -0.3 is 9.84 Å². The van der Waals surface area contributed by atoms with E-state index >= 15 is 0 Å². The smallest absolute Gasteiger partial charge is 0.345 e. The Hall–Kier alpha value is -1.88. The Morgan fingerprint density at radius 3 is 2.88 bits per heavy atom. The van der Waals surface area contributed by atoms with Crippen molar-refractivity contribution < 1.29 is 14.6 Å². The van der Waals surface area contributed by atoms with Gasteiger partial charge in [-0.3, -0.25) is 4.98 Å². The SMILES string of the molecule is Cc1ncccc1Oc1ccc(C(=O)O)s1. The molecule has 0 aromatic carbocycles. The van der Waals surface area contributed by atoms with Crippen LogP contribution in [0.5, 0.6) is 10.8 Å². The Bertz CT molecular complexity index is 521.